The number of hydrogen-bond donors (Lipinski definition) is 0. The lowest BCUT2D eigenvalue weighted by atomic mass is 10.9. The van der Waals surface area contributed by atoms with E-state index in [-0.39, 0.29) is 17.4 Å². The second kappa shape index (κ2) is 6.40. The average molecular weight is 163 g/mol. The molecule has 0 aromatic rings. The van der Waals surface area contributed by atoms with E-state index < -0.39 is 4.84 Å². The fraction of sp³-hybridized carbons (Fsp3) is 1.00. The van der Waals surface area contributed by atoms with Gasteiger partial charge in [-0.15, -0.1) is 34.8 Å². The van der Waals surface area contributed by atoms with Crippen molar-refractivity contribution in [3.63, 3.8) is 0 Å². The molecule has 0 aliphatic heterocycles. The van der Waals surface area contributed by atoms with Gasteiger partial charge >= 0.3 is 0 Å². The summed E-state index contributed by atoms with van der Waals surface area (Å²) in [6, 6.07) is 0. The van der Waals surface area contributed by atoms with Crippen LogP contribution in [0, 0.1) is 0 Å². The molecule has 6 heavy (non-hydrogen) atoms. The van der Waals surface area contributed by atoms with Crippen molar-refractivity contribution in [3.05, 3.63) is 0 Å². The summed E-state index contributed by atoms with van der Waals surface area (Å²) in [5.41, 5.74) is 0. The average Bonchev–Trinajstić information content (AvgIpc) is 1.38. The molecule has 38 valence electrons. The fourth-order valence-electron chi connectivity index (χ4n) is 0. The zero-order chi connectivity index (χ0) is 4.28. The molecule has 0 spiro atoms. The van der Waals surface area contributed by atoms with Gasteiger partial charge in [0.25, 0.3) is 0 Å². The summed E-state index contributed by atoms with van der Waals surface area (Å²) < 4.78 is 0. The second-order valence-electron chi connectivity index (χ2n) is 0.545. The van der Waals surface area contributed by atoms with E-state index in [4.69, 9.17) is 34.8 Å². The first-order valence-electron chi connectivity index (χ1n) is 1.11. The number of halogens is 3. The number of rotatable bonds is 1. The SMILES string of the molecule is ClCC(Cl)Cl.[AlH3]. The predicted octanol–water partition coefficient (Wildman–Crippen LogP) is 0.845. The molecule has 0 nitrogen and oxygen atoms in total. The lowest BCUT2D eigenvalue weighted by Crippen LogP contribution is -1.82. The van der Waals surface area contributed by atoms with Crippen LogP contribution in [0.2, 0.25) is 0 Å². The van der Waals surface area contributed by atoms with Gasteiger partial charge in [0, 0.05) is 0 Å². The Morgan fingerprint density at radius 2 is 1.50 bits per heavy atom. The maximum Gasteiger partial charge on any atom is 0.187 e. The Labute approximate surface area is 62.9 Å². The van der Waals surface area contributed by atoms with Gasteiger partial charge in [-0.3, -0.25) is 0 Å². The first-order chi connectivity index (χ1) is 2.27. The first-order valence-corrected chi connectivity index (χ1v) is 2.52. The van der Waals surface area contributed by atoms with E-state index in [2.05, 4.69) is 0 Å². The second-order valence-corrected chi connectivity index (χ2v) is 2.13. The summed E-state index contributed by atoms with van der Waals surface area (Å²) >= 11 is 15.3. The molecule has 4 heteroatoms. The van der Waals surface area contributed by atoms with Crippen LogP contribution in [0.3, 0.4) is 0 Å². The van der Waals surface area contributed by atoms with Crippen molar-refractivity contribution in [1.82, 2.24) is 0 Å². The van der Waals surface area contributed by atoms with E-state index in [1.807, 2.05) is 0 Å². The Bertz CT molecular complexity index is 22.8. The molecule has 0 aliphatic carbocycles. The third-order valence-corrected chi connectivity index (χ3v) is 1.05. The molecule has 0 aromatic heterocycles. The highest BCUT2D eigenvalue weighted by Gasteiger charge is 1.88. The fourth-order valence-corrected chi connectivity index (χ4v) is 0. The Morgan fingerprint density at radius 3 is 1.50 bits per heavy atom. The number of hydrogen-bond acceptors (Lipinski definition) is 0. The van der Waals surface area contributed by atoms with Crippen LogP contribution in [-0.2, 0) is 0 Å². The Hall–Kier alpha value is 1.40. The molecule has 0 saturated carbocycles. The third-order valence-electron chi connectivity index (χ3n) is 0.117. The minimum Gasteiger partial charge on any atom is -0.124 e. The molecule has 0 radical (unpaired) electrons. The molecule has 0 unspecified atom stereocenters. The summed E-state index contributed by atoms with van der Waals surface area (Å²) in [5.74, 6) is 0.309. The van der Waals surface area contributed by atoms with Crippen LogP contribution >= 0.6 is 34.8 Å². The molecule has 0 rings (SSSR count). The summed E-state index contributed by atoms with van der Waals surface area (Å²) in [7, 11) is 0. The van der Waals surface area contributed by atoms with Crippen LogP contribution in [0.4, 0.5) is 0 Å². The van der Waals surface area contributed by atoms with Gasteiger partial charge < -0.3 is 0 Å². The minimum absolute atomic E-state index is 0. The van der Waals surface area contributed by atoms with E-state index >= 15 is 0 Å². The number of alkyl halides is 3. The van der Waals surface area contributed by atoms with Crippen LogP contribution in [0.25, 0.3) is 0 Å². The van der Waals surface area contributed by atoms with E-state index in [9.17, 15) is 0 Å². The normalized spacial score (nSPS) is 8.00. The van der Waals surface area contributed by atoms with Gasteiger partial charge in [0.15, 0.2) is 17.4 Å². The molecule has 0 amide bonds. The summed E-state index contributed by atoms with van der Waals surface area (Å²) in [6.07, 6.45) is 0. The predicted molar refractivity (Wildman–Crippen MR) is 36.2 cm³/mol. The maximum atomic E-state index is 5.10. The van der Waals surface area contributed by atoms with Crippen molar-refractivity contribution in [3.8, 4) is 0 Å². The minimum atomic E-state index is -0.406. The van der Waals surface area contributed by atoms with Gasteiger partial charge in [0.05, 0.1) is 5.88 Å². The highest BCUT2D eigenvalue weighted by Crippen LogP contribution is 2.01. The van der Waals surface area contributed by atoms with Crippen LogP contribution in [0.15, 0.2) is 0 Å². The molecule has 0 aliphatic rings. The van der Waals surface area contributed by atoms with Gasteiger partial charge in [-0.1, -0.05) is 0 Å². The molecule has 0 heterocycles. The lowest BCUT2D eigenvalue weighted by Gasteiger charge is -1.82. The molecular weight excluding hydrogens is 157 g/mol. The van der Waals surface area contributed by atoms with Gasteiger partial charge in [0.2, 0.25) is 0 Å². The van der Waals surface area contributed by atoms with Gasteiger partial charge in [0.1, 0.15) is 4.84 Å². The van der Waals surface area contributed by atoms with Crippen LogP contribution in [0.5, 0.6) is 0 Å². The molecule has 0 saturated heterocycles. The molecule has 0 N–H and O–H groups in total. The first kappa shape index (κ1) is 10.4. The van der Waals surface area contributed by atoms with Crippen LogP contribution in [0.1, 0.15) is 0 Å². The van der Waals surface area contributed by atoms with E-state index in [1.165, 1.54) is 0 Å². The van der Waals surface area contributed by atoms with Gasteiger partial charge in [-0.25, -0.2) is 0 Å². The van der Waals surface area contributed by atoms with Crippen LogP contribution in [-0.4, -0.2) is 28.1 Å². The smallest absolute Gasteiger partial charge is 0.124 e. The molecule has 0 atom stereocenters. The highest BCUT2D eigenvalue weighted by atomic mass is 35.5. The summed E-state index contributed by atoms with van der Waals surface area (Å²) in [6.45, 7) is 0. The summed E-state index contributed by atoms with van der Waals surface area (Å²) in [5, 5.41) is 0. The molecule has 0 bridgehead atoms. The van der Waals surface area contributed by atoms with Crippen molar-refractivity contribution in [2.75, 3.05) is 5.88 Å². The van der Waals surface area contributed by atoms with Crippen molar-refractivity contribution < 1.29 is 0 Å². The van der Waals surface area contributed by atoms with Gasteiger partial charge in [-0.05, 0) is 0 Å². The van der Waals surface area contributed by atoms with E-state index in [1.54, 1.807) is 0 Å². The van der Waals surface area contributed by atoms with Crippen molar-refractivity contribution in [2.45, 2.75) is 4.84 Å². The van der Waals surface area contributed by atoms with Crippen LogP contribution < -0.4 is 0 Å². The van der Waals surface area contributed by atoms with E-state index in [0.717, 1.165) is 0 Å². The standard InChI is InChI=1S/C2H3Cl3.Al.3H/c3-1-2(4)5;;;;/h2H,1H2;;;;. The van der Waals surface area contributed by atoms with Crippen molar-refractivity contribution in [1.29, 1.82) is 0 Å². The van der Waals surface area contributed by atoms with Crippen molar-refractivity contribution >= 4 is 52.2 Å². The van der Waals surface area contributed by atoms with E-state index in [0.29, 0.717) is 5.88 Å². The van der Waals surface area contributed by atoms with Gasteiger partial charge in [-0.2, -0.15) is 0 Å². The quantitative estimate of drug-likeness (QED) is 0.397. The lowest BCUT2D eigenvalue weighted by molar-refractivity contribution is 1.40. The monoisotopic (exact) mass is 162 g/mol. The largest absolute Gasteiger partial charge is 0.187 e. The molecule has 0 fully saturated rings. The Morgan fingerprint density at radius 1 is 1.33 bits per heavy atom. The molecule has 0 aromatic carbocycles. The van der Waals surface area contributed by atoms with Crippen molar-refractivity contribution in [2.24, 2.45) is 0 Å². The topological polar surface area (TPSA) is 0 Å². The Balaban J connectivity index is 0. The highest BCUT2D eigenvalue weighted by molar-refractivity contribution is 6.47. The zero-order valence-corrected chi connectivity index (χ0v) is 4.69. The maximum absolute atomic E-state index is 5.10. The third kappa shape index (κ3) is 9.04. The zero-order valence-electron chi connectivity index (χ0n) is 2.42. The summed E-state index contributed by atoms with van der Waals surface area (Å²) in [4.78, 5) is -0.406. The molecular formula is C2H6AlCl3. The Kier molecular flexibility index (Phi) is 11.1.